The van der Waals surface area contributed by atoms with Gasteiger partial charge in [-0.05, 0) is 42.8 Å². The standard InChI is InChI=1S/C14H18O4/c1-11(8-14(16-2)17-3)10-18-13-6-4-12(9-15)5-7-13/h4-9,14H,10H2,1-3H3/b11-8-. The van der Waals surface area contributed by atoms with Crippen molar-refractivity contribution >= 4 is 6.29 Å². The Morgan fingerprint density at radius 3 is 2.33 bits per heavy atom. The second kappa shape index (κ2) is 7.63. The third-order valence-corrected chi connectivity index (χ3v) is 2.37. The van der Waals surface area contributed by atoms with Crippen LogP contribution in [0.5, 0.6) is 5.75 Å². The van der Waals surface area contributed by atoms with Crippen LogP contribution in [-0.2, 0) is 9.47 Å². The zero-order chi connectivity index (χ0) is 13.4. The molecule has 0 heterocycles. The molecule has 1 aromatic carbocycles. The molecule has 0 aliphatic heterocycles. The third kappa shape index (κ3) is 4.69. The lowest BCUT2D eigenvalue weighted by Crippen LogP contribution is -2.11. The van der Waals surface area contributed by atoms with Crippen LogP contribution in [0.2, 0.25) is 0 Å². The number of benzene rings is 1. The molecule has 0 N–H and O–H groups in total. The number of hydrogen-bond acceptors (Lipinski definition) is 4. The highest BCUT2D eigenvalue weighted by Crippen LogP contribution is 2.12. The van der Waals surface area contributed by atoms with E-state index in [9.17, 15) is 4.79 Å². The summed E-state index contributed by atoms with van der Waals surface area (Å²) < 4.78 is 15.7. The molecule has 0 aliphatic rings. The number of aldehydes is 1. The van der Waals surface area contributed by atoms with Gasteiger partial charge < -0.3 is 14.2 Å². The Hall–Kier alpha value is -1.65. The maximum Gasteiger partial charge on any atom is 0.176 e. The minimum atomic E-state index is -0.356. The van der Waals surface area contributed by atoms with Gasteiger partial charge in [-0.15, -0.1) is 0 Å². The van der Waals surface area contributed by atoms with Crippen molar-refractivity contribution in [2.75, 3.05) is 20.8 Å². The van der Waals surface area contributed by atoms with Gasteiger partial charge in [0.05, 0.1) is 0 Å². The Morgan fingerprint density at radius 1 is 1.22 bits per heavy atom. The van der Waals surface area contributed by atoms with Gasteiger partial charge in [-0.3, -0.25) is 4.79 Å². The molecule has 0 radical (unpaired) electrons. The summed E-state index contributed by atoms with van der Waals surface area (Å²) in [5, 5.41) is 0. The fraction of sp³-hybridized carbons (Fsp3) is 0.357. The smallest absolute Gasteiger partial charge is 0.176 e. The summed E-state index contributed by atoms with van der Waals surface area (Å²) in [4.78, 5) is 10.5. The first-order valence-corrected chi connectivity index (χ1v) is 5.60. The number of rotatable bonds is 7. The van der Waals surface area contributed by atoms with Crippen molar-refractivity contribution in [2.45, 2.75) is 13.2 Å². The normalized spacial score (nSPS) is 11.7. The Morgan fingerprint density at radius 2 is 1.83 bits per heavy atom. The Bertz CT molecular complexity index is 391. The van der Waals surface area contributed by atoms with Crippen LogP contribution in [0.4, 0.5) is 0 Å². The fourth-order valence-corrected chi connectivity index (χ4v) is 1.35. The van der Waals surface area contributed by atoms with E-state index in [1.54, 1.807) is 38.5 Å². The molecule has 4 nitrogen and oxygen atoms in total. The van der Waals surface area contributed by atoms with Gasteiger partial charge in [0.25, 0.3) is 0 Å². The van der Waals surface area contributed by atoms with Gasteiger partial charge in [0, 0.05) is 19.8 Å². The van der Waals surface area contributed by atoms with Crippen molar-refractivity contribution in [3.05, 3.63) is 41.5 Å². The van der Waals surface area contributed by atoms with E-state index in [1.165, 1.54) is 0 Å². The first-order valence-electron chi connectivity index (χ1n) is 5.60. The van der Waals surface area contributed by atoms with E-state index < -0.39 is 0 Å². The lowest BCUT2D eigenvalue weighted by atomic mass is 10.2. The zero-order valence-corrected chi connectivity index (χ0v) is 10.9. The number of carbonyl (C=O) groups excluding carboxylic acids is 1. The molecule has 0 amide bonds. The van der Waals surface area contributed by atoms with Crippen LogP contribution in [0.15, 0.2) is 35.9 Å². The van der Waals surface area contributed by atoms with E-state index in [1.807, 2.05) is 13.0 Å². The van der Waals surface area contributed by atoms with Crippen LogP contribution in [0, 0.1) is 0 Å². The van der Waals surface area contributed by atoms with Crippen LogP contribution in [0.25, 0.3) is 0 Å². The number of carbonyl (C=O) groups is 1. The number of ether oxygens (including phenoxy) is 3. The highest BCUT2D eigenvalue weighted by atomic mass is 16.7. The summed E-state index contributed by atoms with van der Waals surface area (Å²) in [7, 11) is 3.16. The van der Waals surface area contributed by atoms with Crippen molar-refractivity contribution in [3.63, 3.8) is 0 Å². The van der Waals surface area contributed by atoms with Gasteiger partial charge in [0.15, 0.2) is 6.29 Å². The third-order valence-electron chi connectivity index (χ3n) is 2.37. The molecule has 4 heteroatoms. The highest BCUT2D eigenvalue weighted by molar-refractivity contribution is 5.74. The second-order valence-corrected chi connectivity index (χ2v) is 3.83. The van der Waals surface area contributed by atoms with E-state index in [2.05, 4.69) is 0 Å². The molecule has 0 saturated carbocycles. The maximum absolute atomic E-state index is 10.5. The van der Waals surface area contributed by atoms with Crippen LogP contribution < -0.4 is 4.74 Å². The average Bonchev–Trinajstić information content (AvgIpc) is 2.43. The van der Waals surface area contributed by atoms with E-state index in [-0.39, 0.29) is 6.29 Å². The quantitative estimate of drug-likeness (QED) is 0.423. The molecule has 0 spiro atoms. The Kier molecular flexibility index (Phi) is 6.11. The molecule has 0 aromatic heterocycles. The minimum absolute atomic E-state index is 0.356. The Labute approximate surface area is 107 Å². The zero-order valence-electron chi connectivity index (χ0n) is 10.9. The van der Waals surface area contributed by atoms with Crippen molar-refractivity contribution < 1.29 is 19.0 Å². The lowest BCUT2D eigenvalue weighted by Gasteiger charge is -2.11. The highest BCUT2D eigenvalue weighted by Gasteiger charge is 2.02. The Balaban J connectivity index is 2.50. The molecule has 0 aliphatic carbocycles. The number of hydrogen-bond donors (Lipinski definition) is 0. The van der Waals surface area contributed by atoms with Crippen LogP contribution >= 0.6 is 0 Å². The van der Waals surface area contributed by atoms with Gasteiger partial charge in [-0.25, -0.2) is 0 Å². The van der Waals surface area contributed by atoms with Gasteiger partial charge >= 0.3 is 0 Å². The molecule has 1 rings (SSSR count). The number of methoxy groups -OCH3 is 2. The van der Waals surface area contributed by atoms with Crippen molar-refractivity contribution in [3.8, 4) is 5.75 Å². The molecule has 0 atom stereocenters. The molecule has 0 bridgehead atoms. The van der Waals surface area contributed by atoms with Crippen LogP contribution in [-0.4, -0.2) is 33.4 Å². The molecule has 18 heavy (non-hydrogen) atoms. The van der Waals surface area contributed by atoms with E-state index in [0.29, 0.717) is 12.2 Å². The first kappa shape index (κ1) is 14.4. The largest absolute Gasteiger partial charge is 0.489 e. The van der Waals surface area contributed by atoms with Crippen molar-refractivity contribution in [2.24, 2.45) is 0 Å². The molecule has 1 aromatic rings. The molecular weight excluding hydrogens is 232 g/mol. The summed E-state index contributed by atoms with van der Waals surface area (Å²) in [5.41, 5.74) is 1.64. The van der Waals surface area contributed by atoms with Crippen LogP contribution in [0.3, 0.4) is 0 Å². The van der Waals surface area contributed by atoms with E-state index in [4.69, 9.17) is 14.2 Å². The average molecular weight is 250 g/mol. The van der Waals surface area contributed by atoms with E-state index in [0.717, 1.165) is 17.6 Å². The SMILES string of the molecule is COC(/C=C(/C)COc1ccc(C=O)cc1)OC. The summed E-state index contributed by atoms with van der Waals surface area (Å²) in [6.45, 7) is 2.38. The van der Waals surface area contributed by atoms with Gasteiger partial charge in [0.1, 0.15) is 18.6 Å². The summed E-state index contributed by atoms with van der Waals surface area (Å²) in [6, 6.07) is 6.96. The first-order chi connectivity index (χ1) is 8.69. The lowest BCUT2D eigenvalue weighted by molar-refractivity contribution is -0.0673. The van der Waals surface area contributed by atoms with Gasteiger partial charge in [0.2, 0.25) is 0 Å². The predicted molar refractivity (Wildman–Crippen MR) is 68.9 cm³/mol. The van der Waals surface area contributed by atoms with Crippen molar-refractivity contribution in [1.82, 2.24) is 0 Å². The summed E-state index contributed by atoms with van der Waals surface area (Å²) in [5.74, 6) is 0.722. The molecule has 98 valence electrons. The maximum atomic E-state index is 10.5. The van der Waals surface area contributed by atoms with E-state index >= 15 is 0 Å². The molecule has 0 fully saturated rings. The van der Waals surface area contributed by atoms with Crippen LogP contribution in [0.1, 0.15) is 17.3 Å². The molecule has 0 saturated heterocycles. The topological polar surface area (TPSA) is 44.8 Å². The van der Waals surface area contributed by atoms with Gasteiger partial charge in [-0.2, -0.15) is 0 Å². The molecule has 0 unspecified atom stereocenters. The fourth-order valence-electron chi connectivity index (χ4n) is 1.35. The van der Waals surface area contributed by atoms with Crippen molar-refractivity contribution in [1.29, 1.82) is 0 Å². The monoisotopic (exact) mass is 250 g/mol. The van der Waals surface area contributed by atoms with Gasteiger partial charge in [-0.1, -0.05) is 0 Å². The second-order valence-electron chi connectivity index (χ2n) is 3.83. The molecular formula is C14H18O4. The minimum Gasteiger partial charge on any atom is -0.489 e. The predicted octanol–water partition coefficient (Wildman–Crippen LogP) is 2.44. The summed E-state index contributed by atoms with van der Waals surface area (Å²) in [6.07, 6.45) is 2.29. The summed E-state index contributed by atoms with van der Waals surface area (Å²) >= 11 is 0.